The van der Waals surface area contributed by atoms with Crippen molar-refractivity contribution in [2.45, 2.75) is 30.8 Å². The van der Waals surface area contributed by atoms with Crippen molar-refractivity contribution in [2.24, 2.45) is 0 Å². The molecule has 10 heteroatoms. The molecule has 0 radical (unpaired) electrons. The van der Waals surface area contributed by atoms with Crippen molar-refractivity contribution in [3.63, 3.8) is 0 Å². The maximum atomic E-state index is 13.2. The van der Waals surface area contributed by atoms with Crippen LogP contribution in [0.2, 0.25) is 0 Å². The standard InChI is InChI=1S/C23H25N3O5S2/c1-30-21-13-17(9-10-20(21)31-14-18-15-32-16-24-18)23(27)25-19-7-3-4-8-22(19)33(28,29)26-11-5-2-6-12-26/h3-4,7-10,13,15-16H,2,5-6,11-12,14H2,1H3,(H,25,27). The first-order valence-corrected chi connectivity index (χ1v) is 13.0. The van der Waals surface area contributed by atoms with Crippen LogP contribution < -0.4 is 14.8 Å². The van der Waals surface area contributed by atoms with Gasteiger partial charge in [-0.2, -0.15) is 4.31 Å². The van der Waals surface area contributed by atoms with Crippen LogP contribution in [0.4, 0.5) is 5.69 Å². The Morgan fingerprint density at radius 3 is 2.64 bits per heavy atom. The number of hydrogen-bond acceptors (Lipinski definition) is 7. The number of amides is 1. The molecule has 4 rings (SSSR count). The molecule has 1 aliphatic rings. The van der Waals surface area contributed by atoms with E-state index in [1.807, 2.05) is 5.38 Å². The van der Waals surface area contributed by atoms with Crippen LogP contribution in [0.15, 0.2) is 58.3 Å². The first-order valence-electron chi connectivity index (χ1n) is 10.6. The van der Waals surface area contributed by atoms with Crippen molar-refractivity contribution in [1.29, 1.82) is 0 Å². The van der Waals surface area contributed by atoms with Crippen molar-refractivity contribution in [1.82, 2.24) is 9.29 Å². The number of benzene rings is 2. The van der Waals surface area contributed by atoms with Gasteiger partial charge in [-0.05, 0) is 43.2 Å². The van der Waals surface area contributed by atoms with Crippen molar-refractivity contribution in [3.05, 3.63) is 64.6 Å². The Balaban J connectivity index is 1.52. The summed E-state index contributed by atoms with van der Waals surface area (Å²) < 4.78 is 39.0. The fraction of sp³-hybridized carbons (Fsp3) is 0.304. The molecular formula is C23H25N3O5S2. The number of aromatic nitrogens is 1. The summed E-state index contributed by atoms with van der Waals surface area (Å²) in [4.78, 5) is 17.2. The highest BCUT2D eigenvalue weighted by atomic mass is 32.2. The van der Waals surface area contributed by atoms with Crippen LogP contribution in [0.1, 0.15) is 35.3 Å². The van der Waals surface area contributed by atoms with Gasteiger partial charge < -0.3 is 14.8 Å². The Morgan fingerprint density at radius 1 is 1.12 bits per heavy atom. The summed E-state index contributed by atoms with van der Waals surface area (Å²) in [7, 11) is -2.21. The molecular weight excluding hydrogens is 462 g/mol. The molecule has 0 atom stereocenters. The molecule has 0 aliphatic carbocycles. The fourth-order valence-corrected chi connectivity index (χ4v) is 5.83. The Bertz CT molecular complexity index is 1210. The van der Waals surface area contributed by atoms with Gasteiger partial charge in [0.25, 0.3) is 5.91 Å². The molecule has 3 aromatic rings. The van der Waals surface area contributed by atoms with E-state index in [0.717, 1.165) is 25.0 Å². The van der Waals surface area contributed by atoms with Gasteiger partial charge in [-0.3, -0.25) is 4.79 Å². The zero-order chi connectivity index (χ0) is 23.3. The number of sulfonamides is 1. The molecule has 33 heavy (non-hydrogen) atoms. The summed E-state index contributed by atoms with van der Waals surface area (Å²) in [5, 5.41) is 4.64. The molecule has 0 bridgehead atoms. The molecule has 0 spiro atoms. The number of nitrogens with zero attached hydrogens (tertiary/aromatic N) is 2. The monoisotopic (exact) mass is 487 g/mol. The van der Waals surface area contributed by atoms with Crippen LogP contribution in [0.5, 0.6) is 11.5 Å². The van der Waals surface area contributed by atoms with E-state index in [0.29, 0.717) is 30.2 Å². The molecule has 8 nitrogen and oxygen atoms in total. The second kappa shape index (κ2) is 10.3. The van der Waals surface area contributed by atoms with E-state index in [1.165, 1.54) is 28.8 Å². The van der Waals surface area contributed by atoms with Gasteiger partial charge in [-0.15, -0.1) is 11.3 Å². The van der Waals surface area contributed by atoms with Gasteiger partial charge in [-0.1, -0.05) is 18.6 Å². The summed E-state index contributed by atoms with van der Waals surface area (Å²) >= 11 is 1.48. The second-order valence-corrected chi connectivity index (χ2v) is 10.2. The third-order valence-electron chi connectivity index (χ3n) is 5.35. The van der Waals surface area contributed by atoms with Gasteiger partial charge in [-0.25, -0.2) is 13.4 Å². The number of piperidine rings is 1. The van der Waals surface area contributed by atoms with E-state index in [-0.39, 0.29) is 17.2 Å². The summed E-state index contributed by atoms with van der Waals surface area (Å²) in [5.41, 5.74) is 3.09. The number of methoxy groups -OCH3 is 1. The summed E-state index contributed by atoms with van der Waals surface area (Å²) in [5.74, 6) is 0.433. The number of nitrogens with one attached hydrogen (secondary N) is 1. The number of anilines is 1. The lowest BCUT2D eigenvalue weighted by atomic mass is 10.2. The van der Waals surface area contributed by atoms with Crippen molar-refractivity contribution in [2.75, 3.05) is 25.5 Å². The lowest BCUT2D eigenvalue weighted by Gasteiger charge is -2.26. The van der Waals surface area contributed by atoms with Gasteiger partial charge >= 0.3 is 0 Å². The molecule has 2 aromatic carbocycles. The third-order valence-corrected chi connectivity index (χ3v) is 7.95. The van der Waals surface area contributed by atoms with E-state index in [9.17, 15) is 13.2 Å². The minimum absolute atomic E-state index is 0.0930. The highest BCUT2D eigenvalue weighted by molar-refractivity contribution is 7.89. The lowest BCUT2D eigenvalue weighted by molar-refractivity contribution is 0.102. The Morgan fingerprint density at radius 2 is 1.91 bits per heavy atom. The highest BCUT2D eigenvalue weighted by Crippen LogP contribution is 2.31. The summed E-state index contributed by atoms with van der Waals surface area (Å²) in [6.07, 6.45) is 2.70. The van der Waals surface area contributed by atoms with Crippen molar-refractivity contribution >= 4 is 33.0 Å². The zero-order valence-electron chi connectivity index (χ0n) is 18.2. The van der Waals surface area contributed by atoms with Crippen LogP contribution in [0.25, 0.3) is 0 Å². The molecule has 1 aromatic heterocycles. The van der Waals surface area contributed by atoms with Gasteiger partial charge in [0.05, 0.1) is 24.0 Å². The van der Waals surface area contributed by atoms with Crippen molar-refractivity contribution < 1.29 is 22.7 Å². The van der Waals surface area contributed by atoms with E-state index >= 15 is 0 Å². The van der Waals surface area contributed by atoms with E-state index < -0.39 is 15.9 Å². The quantitative estimate of drug-likeness (QED) is 0.512. The van der Waals surface area contributed by atoms with Gasteiger partial charge in [0.15, 0.2) is 11.5 Å². The minimum atomic E-state index is -3.70. The smallest absolute Gasteiger partial charge is 0.255 e. The maximum absolute atomic E-state index is 13.2. The molecule has 1 aliphatic heterocycles. The predicted octanol–water partition coefficient (Wildman–Crippen LogP) is 4.16. The summed E-state index contributed by atoms with van der Waals surface area (Å²) in [6, 6.07) is 11.3. The number of ether oxygens (including phenoxy) is 2. The molecule has 1 saturated heterocycles. The molecule has 0 unspecified atom stereocenters. The molecule has 1 N–H and O–H groups in total. The first kappa shape index (κ1) is 23.2. The highest BCUT2D eigenvalue weighted by Gasteiger charge is 2.28. The van der Waals surface area contributed by atoms with E-state index in [1.54, 1.807) is 41.9 Å². The average Bonchev–Trinajstić information content (AvgIpc) is 3.37. The Hall–Kier alpha value is -2.95. The largest absolute Gasteiger partial charge is 0.493 e. The van der Waals surface area contributed by atoms with Crippen LogP contribution in [0, 0.1) is 0 Å². The Labute approximate surface area is 197 Å². The lowest BCUT2D eigenvalue weighted by Crippen LogP contribution is -2.36. The summed E-state index contributed by atoms with van der Waals surface area (Å²) in [6.45, 7) is 1.27. The third kappa shape index (κ3) is 5.35. The van der Waals surface area contributed by atoms with Crippen LogP contribution in [-0.4, -0.2) is 43.8 Å². The van der Waals surface area contributed by atoms with Gasteiger partial charge in [0.1, 0.15) is 11.5 Å². The van der Waals surface area contributed by atoms with Crippen LogP contribution in [-0.2, 0) is 16.6 Å². The number of rotatable bonds is 8. The molecule has 1 fully saturated rings. The second-order valence-electron chi connectivity index (χ2n) is 7.55. The number of carbonyl (C=O) groups is 1. The fourth-order valence-electron chi connectivity index (χ4n) is 3.62. The van der Waals surface area contributed by atoms with Crippen LogP contribution >= 0.6 is 11.3 Å². The number of thiazole rings is 1. The SMILES string of the molecule is COc1cc(C(=O)Nc2ccccc2S(=O)(=O)N2CCCCC2)ccc1OCc1cscn1. The molecule has 2 heterocycles. The normalized spacial score (nSPS) is 14.6. The topological polar surface area (TPSA) is 97.8 Å². The first-order chi connectivity index (χ1) is 16.0. The van der Waals surface area contributed by atoms with Crippen LogP contribution in [0.3, 0.4) is 0 Å². The number of carbonyl (C=O) groups excluding carboxylic acids is 1. The molecule has 174 valence electrons. The van der Waals surface area contributed by atoms with E-state index in [4.69, 9.17) is 9.47 Å². The predicted molar refractivity (Wildman–Crippen MR) is 126 cm³/mol. The average molecular weight is 488 g/mol. The number of hydrogen-bond donors (Lipinski definition) is 1. The van der Waals surface area contributed by atoms with Gasteiger partial charge in [0.2, 0.25) is 10.0 Å². The maximum Gasteiger partial charge on any atom is 0.255 e. The van der Waals surface area contributed by atoms with Gasteiger partial charge in [0, 0.05) is 24.0 Å². The minimum Gasteiger partial charge on any atom is -0.493 e. The Kier molecular flexibility index (Phi) is 7.26. The zero-order valence-corrected chi connectivity index (χ0v) is 19.8. The van der Waals surface area contributed by atoms with E-state index in [2.05, 4.69) is 10.3 Å². The molecule has 1 amide bonds. The van der Waals surface area contributed by atoms with Crippen molar-refractivity contribution in [3.8, 4) is 11.5 Å². The molecule has 0 saturated carbocycles. The number of para-hydroxylation sites is 1.